The van der Waals surface area contributed by atoms with Gasteiger partial charge in [0, 0.05) is 5.02 Å². The van der Waals surface area contributed by atoms with E-state index in [9.17, 15) is 9.59 Å². The van der Waals surface area contributed by atoms with Gasteiger partial charge >= 0.3 is 0 Å². The van der Waals surface area contributed by atoms with Crippen LogP contribution in [0.3, 0.4) is 0 Å². The minimum absolute atomic E-state index is 0.235. The van der Waals surface area contributed by atoms with Crippen molar-refractivity contribution in [2.75, 3.05) is 6.61 Å². The van der Waals surface area contributed by atoms with Crippen molar-refractivity contribution in [2.24, 2.45) is 0 Å². The second-order valence-electron chi connectivity index (χ2n) is 5.47. The largest absolute Gasteiger partial charge is 0.484 e. The van der Waals surface area contributed by atoms with Crippen molar-refractivity contribution in [3.05, 3.63) is 58.1 Å². The molecule has 0 aromatic heterocycles. The molecule has 26 heavy (non-hydrogen) atoms. The van der Waals surface area contributed by atoms with Gasteiger partial charge in [-0.2, -0.15) is 0 Å². The number of halogens is 2. The molecule has 0 radical (unpaired) electrons. The summed E-state index contributed by atoms with van der Waals surface area (Å²) in [6.07, 6.45) is -0.882. The molecule has 2 N–H and O–H groups in total. The fourth-order valence-corrected chi connectivity index (χ4v) is 2.32. The zero-order valence-electron chi connectivity index (χ0n) is 14.2. The van der Waals surface area contributed by atoms with Crippen LogP contribution in [0.15, 0.2) is 42.5 Å². The Kier molecular flexibility index (Phi) is 7.12. The first-order valence-corrected chi connectivity index (χ1v) is 8.50. The Morgan fingerprint density at radius 3 is 2.42 bits per heavy atom. The number of aryl methyl sites for hydroxylation is 1. The lowest BCUT2D eigenvalue weighted by molar-refractivity contribution is -0.133. The number of hydrazine groups is 1. The average Bonchev–Trinajstić information content (AvgIpc) is 2.61. The maximum Gasteiger partial charge on any atom is 0.279 e. The maximum absolute atomic E-state index is 12.0. The first-order chi connectivity index (χ1) is 12.3. The highest BCUT2D eigenvalue weighted by Gasteiger charge is 2.17. The van der Waals surface area contributed by atoms with Crippen LogP contribution in [-0.2, 0) is 9.59 Å². The molecular weight excluding hydrogens is 379 g/mol. The van der Waals surface area contributed by atoms with Gasteiger partial charge in [0.1, 0.15) is 11.5 Å². The van der Waals surface area contributed by atoms with Crippen LogP contribution in [0, 0.1) is 6.92 Å². The highest BCUT2D eigenvalue weighted by molar-refractivity contribution is 6.35. The molecule has 0 spiro atoms. The van der Waals surface area contributed by atoms with E-state index in [4.69, 9.17) is 32.7 Å². The minimum atomic E-state index is -0.882. The first kappa shape index (κ1) is 19.9. The van der Waals surface area contributed by atoms with Crippen LogP contribution < -0.4 is 20.3 Å². The maximum atomic E-state index is 12.0. The van der Waals surface area contributed by atoms with Crippen molar-refractivity contribution in [1.29, 1.82) is 0 Å². The molecule has 8 heteroatoms. The van der Waals surface area contributed by atoms with Gasteiger partial charge < -0.3 is 9.47 Å². The smallest absolute Gasteiger partial charge is 0.279 e. The number of amides is 2. The Hall–Kier alpha value is -2.44. The number of nitrogens with one attached hydrogen (secondary N) is 2. The van der Waals surface area contributed by atoms with Crippen LogP contribution in [-0.4, -0.2) is 24.5 Å². The van der Waals surface area contributed by atoms with E-state index in [1.807, 2.05) is 19.1 Å². The number of hydrogen-bond donors (Lipinski definition) is 2. The molecule has 0 aliphatic rings. The topological polar surface area (TPSA) is 76.7 Å². The Morgan fingerprint density at radius 2 is 1.77 bits per heavy atom. The van der Waals surface area contributed by atoms with Crippen molar-refractivity contribution in [1.82, 2.24) is 10.9 Å². The highest BCUT2D eigenvalue weighted by Crippen LogP contribution is 2.28. The highest BCUT2D eigenvalue weighted by atomic mass is 35.5. The number of benzene rings is 2. The summed E-state index contributed by atoms with van der Waals surface area (Å²) in [5.41, 5.74) is 5.61. The molecule has 6 nitrogen and oxygen atoms in total. The average molecular weight is 397 g/mol. The standard InChI is InChI=1S/C18H18Cl2N2O4/c1-11-3-6-14(7-4-11)25-10-17(23)21-22-18(24)12(2)26-16-8-5-13(19)9-15(16)20/h3-9,12H,10H2,1-2H3,(H,21,23)(H,22,24)/t12-/m1/s1. The molecule has 0 aliphatic heterocycles. The van der Waals surface area contributed by atoms with Crippen LogP contribution >= 0.6 is 23.2 Å². The molecule has 2 aromatic carbocycles. The summed E-state index contributed by atoms with van der Waals surface area (Å²) < 4.78 is 10.8. The van der Waals surface area contributed by atoms with Gasteiger partial charge in [-0.05, 0) is 44.2 Å². The summed E-state index contributed by atoms with van der Waals surface area (Å²) in [5.74, 6) is -0.172. The van der Waals surface area contributed by atoms with Gasteiger partial charge in [0.15, 0.2) is 12.7 Å². The summed E-state index contributed by atoms with van der Waals surface area (Å²) in [7, 11) is 0. The zero-order valence-corrected chi connectivity index (χ0v) is 15.7. The molecule has 2 aromatic rings. The predicted octanol–water partition coefficient (Wildman–Crippen LogP) is 3.30. The summed E-state index contributed by atoms with van der Waals surface area (Å²) in [6.45, 7) is 3.24. The lowest BCUT2D eigenvalue weighted by Crippen LogP contribution is -2.48. The summed E-state index contributed by atoms with van der Waals surface area (Å²) in [6, 6.07) is 11.9. The molecule has 0 saturated carbocycles. The Balaban J connectivity index is 1.76. The van der Waals surface area contributed by atoms with Crippen molar-refractivity contribution in [3.8, 4) is 11.5 Å². The molecule has 2 rings (SSSR count). The third kappa shape index (κ3) is 6.13. The third-order valence-corrected chi connectivity index (χ3v) is 3.81. The SMILES string of the molecule is Cc1ccc(OCC(=O)NNC(=O)[C@@H](C)Oc2ccc(Cl)cc2Cl)cc1. The fraction of sp³-hybridized carbons (Fsp3) is 0.222. The van der Waals surface area contributed by atoms with E-state index in [0.717, 1.165) is 5.56 Å². The van der Waals surface area contributed by atoms with Gasteiger partial charge in [-0.3, -0.25) is 20.4 Å². The number of rotatable bonds is 6. The van der Waals surface area contributed by atoms with E-state index in [-0.39, 0.29) is 11.6 Å². The normalized spacial score (nSPS) is 11.4. The molecule has 1 atom stereocenters. The van der Waals surface area contributed by atoms with E-state index >= 15 is 0 Å². The molecule has 138 valence electrons. The summed E-state index contributed by atoms with van der Waals surface area (Å²) in [5, 5.41) is 0.743. The van der Waals surface area contributed by atoms with E-state index in [2.05, 4.69) is 10.9 Å². The van der Waals surface area contributed by atoms with E-state index < -0.39 is 17.9 Å². The van der Waals surface area contributed by atoms with Gasteiger partial charge in [-0.25, -0.2) is 0 Å². The third-order valence-electron chi connectivity index (χ3n) is 3.28. The Labute approximate surface area is 161 Å². The van der Waals surface area contributed by atoms with Crippen LogP contribution in [0.2, 0.25) is 10.0 Å². The van der Waals surface area contributed by atoms with Crippen molar-refractivity contribution in [3.63, 3.8) is 0 Å². The van der Waals surface area contributed by atoms with Crippen molar-refractivity contribution in [2.45, 2.75) is 20.0 Å². The number of carbonyl (C=O) groups excluding carboxylic acids is 2. The summed E-state index contributed by atoms with van der Waals surface area (Å²) >= 11 is 11.8. The molecule has 0 bridgehead atoms. The van der Waals surface area contributed by atoms with Gasteiger partial charge in [0.2, 0.25) is 0 Å². The molecule has 2 amide bonds. The van der Waals surface area contributed by atoms with Crippen molar-refractivity contribution < 1.29 is 19.1 Å². The van der Waals surface area contributed by atoms with Crippen LogP contribution in [0.4, 0.5) is 0 Å². The van der Waals surface area contributed by atoms with Crippen LogP contribution in [0.5, 0.6) is 11.5 Å². The van der Waals surface area contributed by atoms with E-state index in [0.29, 0.717) is 16.5 Å². The van der Waals surface area contributed by atoms with Crippen LogP contribution in [0.1, 0.15) is 12.5 Å². The Morgan fingerprint density at radius 1 is 1.08 bits per heavy atom. The van der Waals surface area contributed by atoms with Crippen molar-refractivity contribution >= 4 is 35.0 Å². The molecule has 0 heterocycles. The van der Waals surface area contributed by atoms with Gasteiger partial charge in [-0.15, -0.1) is 0 Å². The zero-order chi connectivity index (χ0) is 19.1. The predicted molar refractivity (Wildman–Crippen MR) is 99.5 cm³/mol. The minimum Gasteiger partial charge on any atom is -0.484 e. The summed E-state index contributed by atoms with van der Waals surface area (Å²) in [4.78, 5) is 23.7. The molecule has 0 unspecified atom stereocenters. The lowest BCUT2D eigenvalue weighted by atomic mass is 10.2. The molecule has 0 saturated heterocycles. The first-order valence-electron chi connectivity index (χ1n) is 7.75. The number of ether oxygens (including phenoxy) is 2. The molecule has 0 aliphatic carbocycles. The number of carbonyl (C=O) groups is 2. The number of hydrogen-bond acceptors (Lipinski definition) is 4. The van der Waals surface area contributed by atoms with Gasteiger partial charge in [0.05, 0.1) is 5.02 Å². The monoisotopic (exact) mass is 396 g/mol. The Bertz CT molecular complexity index is 781. The van der Waals surface area contributed by atoms with E-state index in [1.165, 1.54) is 13.0 Å². The quantitative estimate of drug-likeness (QED) is 0.734. The van der Waals surface area contributed by atoms with Gasteiger partial charge in [-0.1, -0.05) is 40.9 Å². The second-order valence-corrected chi connectivity index (χ2v) is 6.32. The van der Waals surface area contributed by atoms with Gasteiger partial charge in [0.25, 0.3) is 11.8 Å². The van der Waals surface area contributed by atoms with E-state index in [1.54, 1.807) is 24.3 Å². The second kappa shape index (κ2) is 9.31. The molecular formula is C18H18Cl2N2O4. The lowest BCUT2D eigenvalue weighted by Gasteiger charge is -2.16. The van der Waals surface area contributed by atoms with Crippen LogP contribution in [0.25, 0.3) is 0 Å². The molecule has 0 fully saturated rings. The fourth-order valence-electron chi connectivity index (χ4n) is 1.87.